The third-order valence-corrected chi connectivity index (χ3v) is 2.70. The SMILES string of the molecule is N#Cc1ccc(F)c(COc2c(F)cc(C=O)cc2F)c1. The second kappa shape index (κ2) is 6.09. The maximum absolute atomic E-state index is 13.6. The Kier molecular flexibility index (Phi) is 4.24. The Bertz CT molecular complexity index is 715. The normalized spacial score (nSPS) is 10.0. The number of benzene rings is 2. The van der Waals surface area contributed by atoms with Crippen molar-refractivity contribution in [3.63, 3.8) is 0 Å². The molecule has 0 amide bonds. The van der Waals surface area contributed by atoms with Gasteiger partial charge in [-0.25, -0.2) is 13.2 Å². The lowest BCUT2D eigenvalue weighted by Crippen LogP contribution is -2.03. The van der Waals surface area contributed by atoms with Gasteiger partial charge in [0.25, 0.3) is 0 Å². The quantitative estimate of drug-likeness (QED) is 0.811. The topological polar surface area (TPSA) is 50.1 Å². The number of aldehydes is 1. The molecule has 0 heterocycles. The second-order valence-corrected chi connectivity index (χ2v) is 4.14. The number of halogens is 3. The van der Waals surface area contributed by atoms with Gasteiger partial charge in [-0.2, -0.15) is 5.26 Å². The number of nitrogens with zero attached hydrogens (tertiary/aromatic N) is 1. The van der Waals surface area contributed by atoms with Gasteiger partial charge in [0.1, 0.15) is 18.7 Å². The van der Waals surface area contributed by atoms with Crippen molar-refractivity contribution >= 4 is 6.29 Å². The van der Waals surface area contributed by atoms with Crippen molar-refractivity contribution < 1.29 is 22.7 Å². The zero-order valence-electron chi connectivity index (χ0n) is 10.6. The van der Waals surface area contributed by atoms with E-state index in [2.05, 4.69) is 0 Å². The highest BCUT2D eigenvalue weighted by molar-refractivity contribution is 5.75. The fourth-order valence-electron chi connectivity index (χ4n) is 1.69. The summed E-state index contributed by atoms with van der Waals surface area (Å²) in [4.78, 5) is 10.5. The predicted molar refractivity (Wildman–Crippen MR) is 67.2 cm³/mol. The third kappa shape index (κ3) is 3.20. The number of nitriles is 1. The van der Waals surface area contributed by atoms with E-state index >= 15 is 0 Å². The van der Waals surface area contributed by atoms with Gasteiger partial charge in [0.2, 0.25) is 0 Å². The smallest absolute Gasteiger partial charge is 0.191 e. The van der Waals surface area contributed by atoms with Crippen LogP contribution in [-0.4, -0.2) is 6.29 Å². The molecule has 0 unspecified atom stereocenters. The van der Waals surface area contributed by atoms with Crippen LogP contribution < -0.4 is 4.74 Å². The van der Waals surface area contributed by atoms with Gasteiger partial charge in [-0.1, -0.05) is 0 Å². The maximum atomic E-state index is 13.6. The molecule has 0 atom stereocenters. The minimum absolute atomic E-state index is 0.00712. The summed E-state index contributed by atoms with van der Waals surface area (Å²) in [5.41, 5.74) is 0.0227. The van der Waals surface area contributed by atoms with Gasteiger partial charge in [-0.05, 0) is 30.3 Å². The Hall–Kier alpha value is -2.81. The number of rotatable bonds is 4. The van der Waals surface area contributed by atoms with Crippen LogP contribution in [-0.2, 0) is 6.61 Å². The van der Waals surface area contributed by atoms with Crippen LogP contribution in [0.5, 0.6) is 5.75 Å². The molecule has 0 aliphatic rings. The van der Waals surface area contributed by atoms with E-state index in [0.717, 1.165) is 18.2 Å². The Morgan fingerprint density at radius 3 is 2.33 bits per heavy atom. The molecule has 0 radical (unpaired) electrons. The van der Waals surface area contributed by atoms with Crippen molar-refractivity contribution in [3.05, 3.63) is 64.5 Å². The molecule has 6 heteroatoms. The van der Waals surface area contributed by atoms with Crippen molar-refractivity contribution in [1.82, 2.24) is 0 Å². The van der Waals surface area contributed by atoms with E-state index in [1.807, 2.05) is 6.07 Å². The molecule has 0 aliphatic carbocycles. The lowest BCUT2D eigenvalue weighted by atomic mass is 10.1. The van der Waals surface area contributed by atoms with Crippen molar-refractivity contribution in [2.75, 3.05) is 0 Å². The van der Waals surface area contributed by atoms with Crippen LogP contribution in [0.15, 0.2) is 30.3 Å². The first-order valence-corrected chi connectivity index (χ1v) is 5.80. The van der Waals surface area contributed by atoms with Crippen LogP contribution >= 0.6 is 0 Å². The molecule has 0 saturated heterocycles. The van der Waals surface area contributed by atoms with Crippen LogP contribution in [0.4, 0.5) is 13.2 Å². The molecule has 2 aromatic carbocycles. The molecule has 3 nitrogen and oxygen atoms in total. The summed E-state index contributed by atoms with van der Waals surface area (Å²) in [6, 6.07) is 7.02. The van der Waals surface area contributed by atoms with E-state index in [9.17, 15) is 18.0 Å². The minimum atomic E-state index is -1.06. The first-order valence-electron chi connectivity index (χ1n) is 5.80. The molecule has 106 valence electrons. The average Bonchev–Trinajstić information content (AvgIpc) is 2.47. The van der Waals surface area contributed by atoms with E-state index in [4.69, 9.17) is 10.00 Å². The molecule has 0 aromatic heterocycles. The summed E-state index contributed by atoms with van der Waals surface area (Å²) in [5, 5.41) is 8.72. The van der Waals surface area contributed by atoms with Crippen molar-refractivity contribution in [2.24, 2.45) is 0 Å². The maximum Gasteiger partial charge on any atom is 0.191 e. The monoisotopic (exact) mass is 291 g/mol. The third-order valence-electron chi connectivity index (χ3n) is 2.70. The van der Waals surface area contributed by atoms with Crippen molar-refractivity contribution in [3.8, 4) is 11.8 Å². The fraction of sp³-hybridized carbons (Fsp3) is 0.0667. The number of ether oxygens (including phenoxy) is 1. The zero-order chi connectivity index (χ0) is 15.4. The number of carbonyl (C=O) groups is 1. The summed E-state index contributed by atoms with van der Waals surface area (Å²) >= 11 is 0. The highest BCUT2D eigenvalue weighted by Crippen LogP contribution is 2.24. The average molecular weight is 291 g/mol. The second-order valence-electron chi connectivity index (χ2n) is 4.14. The summed E-state index contributed by atoms with van der Waals surface area (Å²) in [7, 11) is 0. The van der Waals surface area contributed by atoms with Gasteiger partial charge in [-0.3, -0.25) is 4.79 Å². The van der Waals surface area contributed by atoms with Gasteiger partial charge in [0.05, 0.1) is 11.6 Å². The number of carbonyl (C=O) groups excluding carboxylic acids is 1. The molecule has 0 aliphatic heterocycles. The Morgan fingerprint density at radius 2 is 1.76 bits per heavy atom. The molecule has 21 heavy (non-hydrogen) atoms. The Morgan fingerprint density at radius 1 is 1.10 bits per heavy atom. The molecule has 0 bridgehead atoms. The molecule has 2 rings (SSSR count). The molecular weight excluding hydrogens is 283 g/mol. The van der Waals surface area contributed by atoms with E-state index in [1.165, 1.54) is 12.1 Å². The van der Waals surface area contributed by atoms with Gasteiger partial charge in [-0.15, -0.1) is 0 Å². The van der Waals surface area contributed by atoms with Crippen LogP contribution in [0.2, 0.25) is 0 Å². The summed E-state index contributed by atoms with van der Waals surface area (Å²) in [6.45, 7) is -0.449. The first-order chi connectivity index (χ1) is 10.0. The number of hydrogen-bond donors (Lipinski definition) is 0. The van der Waals surface area contributed by atoms with Crippen molar-refractivity contribution in [2.45, 2.75) is 6.61 Å². The van der Waals surface area contributed by atoms with E-state index in [1.54, 1.807) is 0 Å². The van der Waals surface area contributed by atoms with E-state index in [-0.39, 0.29) is 16.7 Å². The van der Waals surface area contributed by atoms with Gasteiger partial charge < -0.3 is 4.74 Å². The highest BCUT2D eigenvalue weighted by atomic mass is 19.1. The molecule has 0 N–H and O–H groups in total. The zero-order valence-corrected chi connectivity index (χ0v) is 10.6. The van der Waals surface area contributed by atoms with Crippen LogP contribution in [0, 0.1) is 28.8 Å². The standard InChI is InChI=1S/C15H8F3NO2/c16-12-2-1-9(6-19)3-11(12)8-21-15-13(17)4-10(7-20)5-14(15)18/h1-5,7H,8H2. The van der Waals surface area contributed by atoms with Crippen LogP contribution in [0.25, 0.3) is 0 Å². The lowest BCUT2D eigenvalue weighted by molar-refractivity contribution is 0.112. The van der Waals surface area contributed by atoms with Gasteiger partial charge in [0.15, 0.2) is 17.4 Å². The summed E-state index contributed by atoms with van der Waals surface area (Å²) < 4.78 is 45.6. The van der Waals surface area contributed by atoms with Crippen molar-refractivity contribution in [1.29, 1.82) is 5.26 Å². The van der Waals surface area contributed by atoms with Crippen LogP contribution in [0.3, 0.4) is 0 Å². The van der Waals surface area contributed by atoms with Gasteiger partial charge >= 0.3 is 0 Å². The van der Waals surface area contributed by atoms with Crippen LogP contribution in [0.1, 0.15) is 21.5 Å². The van der Waals surface area contributed by atoms with E-state index in [0.29, 0.717) is 6.29 Å². The summed E-state index contributed by atoms with van der Waals surface area (Å²) in [6.07, 6.45) is 0.298. The highest BCUT2D eigenvalue weighted by Gasteiger charge is 2.14. The first kappa shape index (κ1) is 14.6. The fourth-order valence-corrected chi connectivity index (χ4v) is 1.69. The molecule has 2 aromatic rings. The Labute approximate surface area is 118 Å². The van der Waals surface area contributed by atoms with Gasteiger partial charge in [0, 0.05) is 11.1 Å². The number of hydrogen-bond acceptors (Lipinski definition) is 3. The largest absolute Gasteiger partial charge is 0.483 e. The Balaban J connectivity index is 2.25. The predicted octanol–water partition coefficient (Wildman–Crippen LogP) is 3.37. The molecule has 0 spiro atoms. The van der Waals surface area contributed by atoms with E-state index < -0.39 is 29.8 Å². The summed E-state index contributed by atoms with van der Waals surface area (Å²) in [5.74, 6) is -3.48. The molecular formula is C15H8F3NO2. The molecule has 0 saturated carbocycles. The lowest BCUT2D eigenvalue weighted by Gasteiger charge is -2.09. The minimum Gasteiger partial charge on any atom is -0.483 e. The molecule has 0 fully saturated rings.